The van der Waals surface area contributed by atoms with E-state index in [1.165, 1.54) is 30.0 Å². The molecule has 2 bridgehead atoms. The predicted octanol–water partition coefficient (Wildman–Crippen LogP) is 2.08. The number of nitrogens with one attached hydrogen (secondary N) is 1. The minimum Gasteiger partial charge on any atom is -0.365 e. The highest BCUT2D eigenvalue weighted by atomic mass is 19.4. The lowest BCUT2D eigenvalue weighted by molar-refractivity contribution is -0.137. The van der Waals surface area contributed by atoms with Gasteiger partial charge in [0, 0.05) is 24.8 Å². The molecule has 142 valence electrons. The third-order valence-corrected chi connectivity index (χ3v) is 5.01. The molecule has 2 aliphatic heterocycles. The van der Waals surface area contributed by atoms with E-state index in [0.29, 0.717) is 24.6 Å². The number of alkyl halides is 3. The first-order valence-corrected chi connectivity index (χ1v) is 8.34. The number of amides is 1. The Morgan fingerprint density at radius 3 is 2.48 bits per heavy atom. The third kappa shape index (κ3) is 3.16. The maximum Gasteiger partial charge on any atom is 0.416 e. The van der Waals surface area contributed by atoms with Crippen molar-refractivity contribution in [1.29, 1.82) is 0 Å². The predicted molar refractivity (Wildman–Crippen MR) is 89.6 cm³/mol. The molecule has 0 radical (unpaired) electrons. The maximum atomic E-state index is 13.0. The minimum atomic E-state index is -4.36. The van der Waals surface area contributed by atoms with Crippen LogP contribution in [-0.4, -0.2) is 46.3 Å². The summed E-state index contributed by atoms with van der Waals surface area (Å²) in [6.45, 7) is 1.20. The Morgan fingerprint density at radius 1 is 1.15 bits per heavy atom. The van der Waals surface area contributed by atoms with Crippen LogP contribution in [0.4, 0.5) is 24.7 Å². The Morgan fingerprint density at radius 2 is 1.89 bits per heavy atom. The van der Waals surface area contributed by atoms with Gasteiger partial charge in [-0.1, -0.05) is 6.07 Å². The molecule has 27 heavy (non-hydrogen) atoms. The molecule has 2 N–H and O–H groups in total. The molecule has 2 unspecified atom stereocenters. The van der Waals surface area contributed by atoms with E-state index >= 15 is 0 Å². The van der Waals surface area contributed by atoms with Crippen LogP contribution in [0.5, 0.6) is 0 Å². The van der Waals surface area contributed by atoms with Gasteiger partial charge >= 0.3 is 6.18 Å². The number of aromatic nitrogens is 2. The fraction of sp³-hybridized carbons (Fsp3) is 0.353. The van der Waals surface area contributed by atoms with Crippen LogP contribution >= 0.6 is 0 Å². The van der Waals surface area contributed by atoms with Crippen LogP contribution in [-0.2, 0) is 6.18 Å². The molecule has 7 nitrogen and oxygen atoms in total. The number of carbonyl (C=O) groups is 1. The normalized spacial score (nSPS) is 21.6. The van der Waals surface area contributed by atoms with Gasteiger partial charge in [0.15, 0.2) is 0 Å². The van der Waals surface area contributed by atoms with Gasteiger partial charge in [-0.25, -0.2) is 15.4 Å². The third-order valence-electron chi connectivity index (χ3n) is 5.01. The second-order valence-electron chi connectivity index (χ2n) is 6.60. The molecular weight excluding hydrogens is 363 g/mol. The standard InChI is InChI=1S/C17H16F3N5O2/c18-17(19,20)10-2-1-3-11(4-10)24-8-13-5-12(24)9-25(13)15-7-21-14(6-22-15)16(26)23-27/h1-4,6-7,12-13,27H,5,8-9H2,(H,23,26). The summed E-state index contributed by atoms with van der Waals surface area (Å²) < 4.78 is 38.9. The maximum absolute atomic E-state index is 13.0. The number of hydrogen-bond acceptors (Lipinski definition) is 6. The van der Waals surface area contributed by atoms with Crippen LogP contribution < -0.4 is 15.3 Å². The lowest BCUT2D eigenvalue weighted by atomic mass is 10.1. The second-order valence-corrected chi connectivity index (χ2v) is 6.60. The van der Waals surface area contributed by atoms with Gasteiger partial charge in [0.05, 0.1) is 24.0 Å². The number of anilines is 2. The first-order chi connectivity index (χ1) is 12.9. The summed E-state index contributed by atoms with van der Waals surface area (Å²) in [6, 6.07) is 5.58. The zero-order valence-corrected chi connectivity index (χ0v) is 14.0. The highest BCUT2D eigenvalue weighted by Gasteiger charge is 2.44. The number of piperazine rings is 1. The van der Waals surface area contributed by atoms with Crippen LogP contribution in [0.1, 0.15) is 22.5 Å². The number of benzene rings is 1. The van der Waals surface area contributed by atoms with Crippen molar-refractivity contribution in [2.45, 2.75) is 24.7 Å². The number of hydrogen-bond donors (Lipinski definition) is 2. The lowest BCUT2D eigenvalue weighted by Gasteiger charge is -2.36. The molecule has 0 aliphatic carbocycles. The zero-order chi connectivity index (χ0) is 19.2. The van der Waals surface area contributed by atoms with Crippen LogP contribution in [0.25, 0.3) is 0 Å². The Balaban J connectivity index is 1.49. The van der Waals surface area contributed by atoms with E-state index in [2.05, 4.69) is 9.97 Å². The second kappa shape index (κ2) is 6.38. The molecule has 2 saturated heterocycles. The highest BCUT2D eigenvalue weighted by Crippen LogP contribution is 2.38. The molecular formula is C17H16F3N5O2. The van der Waals surface area contributed by atoms with Crippen molar-refractivity contribution in [3.63, 3.8) is 0 Å². The van der Waals surface area contributed by atoms with Crippen LogP contribution in [0.3, 0.4) is 0 Å². The van der Waals surface area contributed by atoms with Crippen molar-refractivity contribution in [1.82, 2.24) is 15.4 Å². The molecule has 0 saturated carbocycles. The summed E-state index contributed by atoms with van der Waals surface area (Å²) in [5.41, 5.74) is 1.41. The van der Waals surface area contributed by atoms with Gasteiger partial charge in [-0.05, 0) is 24.6 Å². The van der Waals surface area contributed by atoms with Gasteiger partial charge in [0.25, 0.3) is 5.91 Å². The van der Waals surface area contributed by atoms with E-state index in [1.807, 2.05) is 9.80 Å². The van der Waals surface area contributed by atoms with Crippen LogP contribution in [0.2, 0.25) is 0 Å². The van der Waals surface area contributed by atoms with Crippen molar-refractivity contribution in [3.05, 3.63) is 47.9 Å². The van der Waals surface area contributed by atoms with E-state index in [-0.39, 0.29) is 17.8 Å². The molecule has 2 aromatic rings. The molecule has 4 rings (SSSR count). The molecule has 2 aliphatic rings. The van der Waals surface area contributed by atoms with Crippen molar-refractivity contribution >= 4 is 17.4 Å². The summed E-state index contributed by atoms with van der Waals surface area (Å²) in [7, 11) is 0. The SMILES string of the molecule is O=C(NO)c1cnc(N2CC3CC2CN3c2cccc(C(F)(F)F)c2)cn1. The van der Waals surface area contributed by atoms with Gasteiger partial charge in [-0.15, -0.1) is 0 Å². The Kier molecular flexibility index (Phi) is 4.14. The quantitative estimate of drug-likeness (QED) is 0.628. The molecule has 0 spiro atoms. The number of rotatable bonds is 3. The van der Waals surface area contributed by atoms with Gasteiger partial charge < -0.3 is 9.80 Å². The molecule has 1 aromatic carbocycles. The molecule has 1 amide bonds. The average Bonchev–Trinajstić information content (AvgIpc) is 3.28. The summed E-state index contributed by atoms with van der Waals surface area (Å²) in [5, 5.41) is 8.61. The van der Waals surface area contributed by atoms with Crippen molar-refractivity contribution < 1.29 is 23.2 Å². The van der Waals surface area contributed by atoms with E-state index in [9.17, 15) is 18.0 Å². The Hall–Kier alpha value is -2.88. The number of fused-ring (bicyclic) bond motifs is 2. The van der Waals surface area contributed by atoms with Gasteiger partial charge in [-0.3, -0.25) is 10.0 Å². The summed E-state index contributed by atoms with van der Waals surface area (Å²) in [5.74, 6) is -0.145. The number of hydroxylamine groups is 1. The number of halogens is 3. The largest absolute Gasteiger partial charge is 0.416 e. The lowest BCUT2D eigenvalue weighted by Crippen LogP contribution is -2.47. The van der Waals surface area contributed by atoms with Gasteiger partial charge in [0.1, 0.15) is 11.5 Å². The monoisotopic (exact) mass is 379 g/mol. The van der Waals surface area contributed by atoms with Crippen LogP contribution in [0.15, 0.2) is 36.7 Å². The van der Waals surface area contributed by atoms with Crippen LogP contribution in [0, 0.1) is 0 Å². The zero-order valence-electron chi connectivity index (χ0n) is 14.0. The van der Waals surface area contributed by atoms with Crippen molar-refractivity contribution in [2.24, 2.45) is 0 Å². The average molecular weight is 379 g/mol. The molecule has 2 atom stereocenters. The summed E-state index contributed by atoms with van der Waals surface area (Å²) >= 11 is 0. The summed E-state index contributed by atoms with van der Waals surface area (Å²) in [6.07, 6.45) is -0.812. The smallest absolute Gasteiger partial charge is 0.365 e. The topological polar surface area (TPSA) is 81.6 Å². The summed E-state index contributed by atoms with van der Waals surface area (Å²) in [4.78, 5) is 23.5. The first kappa shape index (κ1) is 17.5. The fourth-order valence-corrected chi connectivity index (χ4v) is 3.77. The molecule has 10 heteroatoms. The fourth-order valence-electron chi connectivity index (χ4n) is 3.77. The first-order valence-electron chi connectivity index (χ1n) is 8.34. The van der Waals surface area contributed by atoms with E-state index < -0.39 is 17.6 Å². The highest BCUT2D eigenvalue weighted by molar-refractivity contribution is 5.91. The Bertz CT molecular complexity index is 858. The number of carbonyl (C=O) groups excluding carboxylic acids is 1. The van der Waals surface area contributed by atoms with Gasteiger partial charge in [-0.2, -0.15) is 13.2 Å². The van der Waals surface area contributed by atoms with Crippen molar-refractivity contribution in [3.8, 4) is 0 Å². The number of nitrogens with zero attached hydrogens (tertiary/aromatic N) is 4. The van der Waals surface area contributed by atoms with E-state index in [1.54, 1.807) is 6.07 Å². The molecule has 1 aromatic heterocycles. The molecule has 3 heterocycles. The molecule has 2 fully saturated rings. The van der Waals surface area contributed by atoms with E-state index in [4.69, 9.17) is 5.21 Å². The van der Waals surface area contributed by atoms with Crippen molar-refractivity contribution in [2.75, 3.05) is 22.9 Å². The van der Waals surface area contributed by atoms with Gasteiger partial charge in [0.2, 0.25) is 0 Å². The Labute approximate surface area is 152 Å². The van der Waals surface area contributed by atoms with E-state index in [0.717, 1.165) is 12.5 Å². The minimum absolute atomic E-state index is 0.00352.